The van der Waals surface area contributed by atoms with Crippen LogP contribution in [-0.4, -0.2) is 28.7 Å². The second-order valence-corrected chi connectivity index (χ2v) is 4.50. The molecule has 0 aromatic carbocycles. The zero-order chi connectivity index (χ0) is 13.0. The predicted octanol–water partition coefficient (Wildman–Crippen LogP) is 1.51. The molecule has 0 saturated carbocycles. The van der Waals surface area contributed by atoms with Gasteiger partial charge in [0.1, 0.15) is 5.82 Å². The summed E-state index contributed by atoms with van der Waals surface area (Å²) in [6.45, 7) is 2.11. The number of aromatic nitrogens is 1. The standard InChI is InChI=1S/C13H18N2O3/c1-9(3-2-8-16)18-12-7-5-10-4-6-11(17)14-13(10)15-12/h5,7,9,16H,2-4,6,8H2,1H3,(H,14,15,17). The van der Waals surface area contributed by atoms with Gasteiger partial charge >= 0.3 is 0 Å². The van der Waals surface area contributed by atoms with Crippen LogP contribution < -0.4 is 10.1 Å². The van der Waals surface area contributed by atoms with Gasteiger partial charge in [-0.2, -0.15) is 4.98 Å². The van der Waals surface area contributed by atoms with Crippen LogP contribution >= 0.6 is 0 Å². The molecule has 2 rings (SSSR count). The fourth-order valence-electron chi connectivity index (χ4n) is 1.93. The summed E-state index contributed by atoms with van der Waals surface area (Å²) < 4.78 is 5.64. The third kappa shape index (κ3) is 3.20. The molecule has 1 amide bonds. The second-order valence-electron chi connectivity index (χ2n) is 4.50. The van der Waals surface area contributed by atoms with Crippen LogP contribution in [0.1, 0.15) is 31.7 Å². The zero-order valence-electron chi connectivity index (χ0n) is 10.5. The van der Waals surface area contributed by atoms with Crippen molar-refractivity contribution in [3.05, 3.63) is 17.7 Å². The Morgan fingerprint density at radius 2 is 2.33 bits per heavy atom. The first-order chi connectivity index (χ1) is 8.69. The summed E-state index contributed by atoms with van der Waals surface area (Å²) >= 11 is 0. The van der Waals surface area contributed by atoms with E-state index in [1.54, 1.807) is 0 Å². The highest BCUT2D eigenvalue weighted by Gasteiger charge is 2.17. The van der Waals surface area contributed by atoms with Gasteiger partial charge < -0.3 is 15.2 Å². The number of hydrogen-bond acceptors (Lipinski definition) is 4. The fourth-order valence-corrected chi connectivity index (χ4v) is 1.93. The molecule has 1 aromatic rings. The number of carbonyl (C=O) groups excluding carboxylic acids is 1. The van der Waals surface area contributed by atoms with Crippen LogP contribution in [0.4, 0.5) is 5.82 Å². The summed E-state index contributed by atoms with van der Waals surface area (Å²) in [4.78, 5) is 15.6. The van der Waals surface area contributed by atoms with Crippen LogP contribution in [0.5, 0.6) is 5.88 Å². The third-order valence-corrected chi connectivity index (χ3v) is 2.92. The first-order valence-electron chi connectivity index (χ1n) is 6.26. The number of rotatable bonds is 5. The van der Waals surface area contributed by atoms with Crippen molar-refractivity contribution < 1.29 is 14.6 Å². The third-order valence-electron chi connectivity index (χ3n) is 2.92. The van der Waals surface area contributed by atoms with Crippen LogP contribution in [0, 0.1) is 0 Å². The molecule has 0 spiro atoms. The van der Waals surface area contributed by atoms with Gasteiger partial charge in [0.25, 0.3) is 0 Å². The quantitative estimate of drug-likeness (QED) is 0.831. The summed E-state index contributed by atoms with van der Waals surface area (Å²) in [5, 5.41) is 11.5. The minimum Gasteiger partial charge on any atom is -0.475 e. The zero-order valence-corrected chi connectivity index (χ0v) is 10.5. The lowest BCUT2D eigenvalue weighted by atomic mass is 10.1. The van der Waals surface area contributed by atoms with Crippen molar-refractivity contribution in [3.8, 4) is 5.88 Å². The van der Waals surface area contributed by atoms with E-state index in [1.165, 1.54) is 0 Å². The number of aliphatic hydroxyl groups excluding tert-OH is 1. The van der Waals surface area contributed by atoms with Crippen LogP contribution in [-0.2, 0) is 11.2 Å². The number of ether oxygens (including phenoxy) is 1. The highest BCUT2D eigenvalue weighted by atomic mass is 16.5. The van der Waals surface area contributed by atoms with Gasteiger partial charge in [0.2, 0.25) is 11.8 Å². The Morgan fingerprint density at radius 3 is 3.11 bits per heavy atom. The number of fused-ring (bicyclic) bond motifs is 1. The lowest BCUT2D eigenvalue weighted by molar-refractivity contribution is -0.116. The Balaban J connectivity index is 2.02. The minimum absolute atomic E-state index is 0.000443. The Kier molecular flexibility index (Phi) is 4.15. The van der Waals surface area contributed by atoms with E-state index in [0.717, 1.165) is 18.4 Å². The highest BCUT2D eigenvalue weighted by molar-refractivity contribution is 5.92. The molecule has 0 radical (unpaired) electrons. The number of nitrogens with one attached hydrogen (secondary N) is 1. The summed E-state index contributed by atoms with van der Waals surface area (Å²) in [6, 6.07) is 3.77. The van der Waals surface area contributed by atoms with E-state index in [9.17, 15) is 4.79 Å². The molecule has 1 aromatic heterocycles. The molecule has 1 atom stereocenters. The van der Waals surface area contributed by atoms with E-state index in [0.29, 0.717) is 24.5 Å². The smallest absolute Gasteiger partial charge is 0.225 e. The van der Waals surface area contributed by atoms with Crippen molar-refractivity contribution in [2.75, 3.05) is 11.9 Å². The molecule has 2 heterocycles. The molecule has 2 N–H and O–H groups in total. The normalized spacial score (nSPS) is 15.8. The molecule has 18 heavy (non-hydrogen) atoms. The predicted molar refractivity (Wildman–Crippen MR) is 67.6 cm³/mol. The molecule has 5 nitrogen and oxygen atoms in total. The first-order valence-corrected chi connectivity index (χ1v) is 6.26. The summed E-state index contributed by atoms with van der Waals surface area (Å²) in [5.41, 5.74) is 1.05. The lowest BCUT2D eigenvalue weighted by Crippen LogP contribution is -2.21. The van der Waals surface area contributed by atoms with Crippen molar-refractivity contribution in [2.45, 2.75) is 38.7 Å². The van der Waals surface area contributed by atoms with E-state index in [2.05, 4.69) is 10.3 Å². The number of nitrogens with zero attached hydrogens (tertiary/aromatic N) is 1. The molecule has 98 valence electrons. The number of pyridine rings is 1. The monoisotopic (exact) mass is 250 g/mol. The van der Waals surface area contributed by atoms with Crippen LogP contribution in [0.25, 0.3) is 0 Å². The molecular formula is C13H18N2O3. The average molecular weight is 250 g/mol. The fraction of sp³-hybridized carbons (Fsp3) is 0.538. The maximum absolute atomic E-state index is 11.3. The maximum atomic E-state index is 11.3. The topological polar surface area (TPSA) is 71.5 Å². The summed E-state index contributed by atoms with van der Waals surface area (Å²) in [5.74, 6) is 1.12. The maximum Gasteiger partial charge on any atom is 0.225 e. The van der Waals surface area contributed by atoms with Crippen molar-refractivity contribution in [3.63, 3.8) is 0 Å². The molecule has 1 unspecified atom stereocenters. The van der Waals surface area contributed by atoms with Crippen molar-refractivity contribution in [1.29, 1.82) is 0 Å². The number of carbonyl (C=O) groups is 1. The molecular weight excluding hydrogens is 232 g/mol. The van der Waals surface area contributed by atoms with E-state index < -0.39 is 0 Å². The molecule has 0 aliphatic carbocycles. The molecule has 5 heteroatoms. The van der Waals surface area contributed by atoms with Gasteiger partial charge in [-0.05, 0) is 37.8 Å². The first kappa shape index (κ1) is 12.8. The van der Waals surface area contributed by atoms with E-state index in [1.807, 2.05) is 19.1 Å². The van der Waals surface area contributed by atoms with Gasteiger partial charge in [0.15, 0.2) is 0 Å². The van der Waals surface area contributed by atoms with Crippen LogP contribution in [0.3, 0.4) is 0 Å². The summed E-state index contributed by atoms with van der Waals surface area (Å²) in [7, 11) is 0. The molecule has 0 saturated heterocycles. The molecule has 1 aliphatic heterocycles. The Bertz CT molecular complexity index is 434. The van der Waals surface area contributed by atoms with Gasteiger partial charge in [-0.3, -0.25) is 4.79 Å². The minimum atomic E-state index is 0.000443. The van der Waals surface area contributed by atoms with Crippen molar-refractivity contribution in [1.82, 2.24) is 4.98 Å². The second kappa shape index (κ2) is 5.82. The van der Waals surface area contributed by atoms with Crippen LogP contribution in [0.15, 0.2) is 12.1 Å². The SMILES string of the molecule is CC(CCCO)Oc1ccc2c(n1)NC(=O)CC2. The molecule has 1 aliphatic rings. The van der Waals surface area contributed by atoms with Crippen LogP contribution in [0.2, 0.25) is 0 Å². The van der Waals surface area contributed by atoms with Gasteiger partial charge in [-0.25, -0.2) is 0 Å². The van der Waals surface area contributed by atoms with Gasteiger partial charge in [0, 0.05) is 19.1 Å². The number of aliphatic hydroxyl groups is 1. The largest absolute Gasteiger partial charge is 0.475 e. The number of amides is 1. The Morgan fingerprint density at radius 1 is 1.50 bits per heavy atom. The van der Waals surface area contributed by atoms with Crippen molar-refractivity contribution in [2.24, 2.45) is 0 Å². The lowest BCUT2D eigenvalue weighted by Gasteiger charge is -2.18. The van der Waals surface area contributed by atoms with Gasteiger partial charge in [-0.15, -0.1) is 0 Å². The highest BCUT2D eigenvalue weighted by Crippen LogP contribution is 2.23. The molecule has 0 fully saturated rings. The van der Waals surface area contributed by atoms with E-state index >= 15 is 0 Å². The number of hydrogen-bond donors (Lipinski definition) is 2. The Labute approximate surface area is 106 Å². The van der Waals surface area contributed by atoms with E-state index in [-0.39, 0.29) is 18.6 Å². The number of anilines is 1. The van der Waals surface area contributed by atoms with E-state index in [4.69, 9.17) is 9.84 Å². The molecule has 0 bridgehead atoms. The van der Waals surface area contributed by atoms with Gasteiger partial charge in [0.05, 0.1) is 6.10 Å². The Hall–Kier alpha value is -1.62. The average Bonchev–Trinajstić information content (AvgIpc) is 2.36. The van der Waals surface area contributed by atoms with Crippen molar-refractivity contribution >= 4 is 11.7 Å². The number of aryl methyl sites for hydroxylation is 1. The van der Waals surface area contributed by atoms with Gasteiger partial charge in [-0.1, -0.05) is 0 Å². The summed E-state index contributed by atoms with van der Waals surface area (Å²) in [6.07, 6.45) is 2.74.